The van der Waals surface area contributed by atoms with Crippen LogP contribution in [0, 0.1) is 0 Å². The summed E-state index contributed by atoms with van der Waals surface area (Å²) in [5, 5.41) is 2.09. The van der Waals surface area contributed by atoms with Crippen molar-refractivity contribution in [1.82, 2.24) is 9.47 Å². The van der Waals surface area contributed by atoms with Crippen molar-refractivity contribution in [3.8, 4) is 0 Å². The minimum Gasteiger partial charge on any atom is -0.341 e. The number of anilines is 1. The minimum atomic E-state index is -3.88. The van der Waals surface area contributed by atoms with Crippen molar-refractivity contribution in [2.24, 2.45) is 0 Å². The van der Waals surface area contributed by atoms with Gasteiger partial charge in [0.15, 0.2) is 0 Å². The van der Waals surface area contributed by atoms with Crippen LogP contribution in [0.2, 0.25) is 0 Å². The molecule has 3 aromatic carbocycles. The Kier molecular flexibility index (Phi) is 6.04. The van der Waals surface area contributed by atoms with Crippen LogP contribution in [-0.2, 0) is 16.6 Å². The molecule has 1 fully saturated rings. The van der Waals surface area contributed by atoms with E-state index in [2.05, 4.69) is 28.3 Å². The quantitative estimate of drug-likeness (QED) is 0.356. The van der Waals surface area contributed by atoms with Crippen LogP contribution >= 0.6 is 11.8 Å². The maximum Gasteiger partial charge on any atom is 0.261 e. The number of carbonyl (C=O) groups excluding carboxylic acids is 1. The number of hydrogen-bond donors (Lipinski definition) is 1. The molecule has 1 aromatic heterocycles. The molecule has 0 unspecified atom stereocenters. The molecule has 0 saturated carbocycles. The summed E-state index contributed by atoms with van der Waals surface area (Å²) in [7, 11) is -3.88. The molecule has 1 saturated heterocycles. The predicted molar refractivity (Wildman–Crippen MR) is 139 cm³/mol. The van der Waals surface area contributed by atoms with E-state index in [0.29, 0.717) is 24.3 Å². The Balaban J connectivity index is 1.52. The number of hydrogen-bond acceptors (Lipinski definition) is 4. The summed E-state index contributed by atoms with van der Waals surface area (Å²) in [4.78, 5) is 15.7. The number of thioether (sulfide) groups is 1. The third-order valence-corrected chi connectivity index (χ3v) is 8.62. The molecular weight excluding hydrogens is 466 g/mol. The molecule has 34 heavy (non-hydrogen) atoms. The highest BCUT2D eigenvalue weighted by Gasteiger charge is 2.25. The van der Waals surface area contributed by atoms with E-state index in [0.717, 1.165) is 46.1 Å². The fourth-order valence-electron chi connectivity index (χ4n) is 4.78. The van der Waals surface area contributed by atoms with Crippen LogP contribution in [0.1, 0.15) is 30.1 Å². The number of benzene rings is 3. The molecule has 0 atom stereocenters. The van der Waals surface area contributed by atoms with Crippen LogP contribution in [-0.4, -0.2) is 43.1 Å². The van der Waals surface area contributed by atoms with Gasteiger partial charge in [0.1, 0.15) is 0 Å². The number of nitrogens with one attached hydrogen (secondary N) is 1. The first-order valence-electron chi connectivity index (χ1n) is 11.4. The van der Waals surface area contributed by atoms with E-state index >= 15 is 0 Å². The Bertz CT molecular complexity index is 1500. The summed E-state index contributed by atoms with van der Waals surface area (Å²) in [6.07, 6.45) is 3.86. The first kappa shape index (κ1) is 22.8. The van der Waals surface area contributed by atoms with Gasteiger partial charge in [-0.25, -0.2) is 8.42 Å². The van der Waals surface area contributed by atoms with Gasteiger partial charge >= 0.3 is 0 Å². The van der Waals surface area contributed by atoms with Gasteiger partial charge < -0.3 is 9.47 Å². The van der Waals surface area contributed by atoms with Crippen LogP contribution in [0.3, 0.4) is 0 Å². The molecule has 8 heteroatoms. The fraction of sp³-hybridized carbons (Fsp3) is 0.269. The zero-order valence-corrected chi connectivity index (χ0v) is 20.9. The van der Waals surface area contributed by atoms with Gasteiger partial charge in [0, 0.05) is 52.0 Å². The van der Waals surface area contributed by atoms with Gasteiger partial charge in [-0.05, 0) is 68.5 Å². The molecule has 0 bridgehead atoms. The largest absolute Gasteiger partial charge is 0.341 e. The van der Waals surface area contributed by atoms with Crippen molar-refractivity contribution in [2.45, 2.75) is 36.1 Å². The van der Waals surface area contributed by atoms with Crippen molar-refractivity contribution >= 4 is 55.2 Å². The highest BCUT2D eigenvalue weighted by molar-refractivity contribution is 7.98. The molecule has 5 rings (SSSR count). The first-order chi connectivity index (χ1) is 16.4. The molecule has 2 heterocycles. The highest BCUT2D eigenvalue weighted by Crippen LogP contribution is 2.32. The van der Waals surface area contributed by atoms with Crippen LogP contribution < -0.4 is 4.72 Å². The van der Waals surface area contributed by atoms with Crippen LogP contribution in [0.4, 0.5) is 5.69 Å². The van der Waals surface area contributed by atoms with Crippen LogP contribution in [0.5, 0.6) is 0 Å². The first-order valence-corrected chi connectivity index (χ1v) is 14.1. The number of amides is 1. The van der Waals surface area contributed by atoms with Gasteiger partial charge in [0.25, 0.3) is 15.9 Å². The van der Waals surface area contributed by atoms with E-state index in [1.165, 1.54) is 17.8 Å². The molecule has 1 aliphatic heterocycles. The van der Waals surface area contributed by atoms with Gasteiger partial charge in [-0.2, -0.15) is 0 Å². The summed E-state index contributed by atoms with van der Waals surface area (Å²) in [5.41, 5.74) is 3.12. The zero-order chi connectivity index (χ0) is 23.9. The summed E-state index contributed by atoms with van der Waals surface area (Å²) in [5.74, 6) is -0.104. The number of rotatable bonds is 6. The van der Waals surface area contributed by atoms with Gasteiger partial charge in [-0.1, -0.05) is 18.2 Å². The van der Waals surface area contributed by atoms with Crippen molar-refractivity contribution in [2.75, 3.05) is 24.1 Å². The Morgan fingerprint density at radius 1 is 0.971 bits per heavy atom. The Hall–Kier alpha value is -2.97. The summed E-state index contributed by atoms with van der Waals surface area (Å²) < 4.78 is 31.6. The lowest BCUT2D eigenvalue weighted by Gasteiger charge is -2.18. The van der Waals surface area contributed by atoms with Crippen molar-refractivity contribution < 1.29 is 13.2 Å². The number of para-hydroxylation sites is 1. The molecule has 4 aromatic rings. The highest BCUT2D eigenvalue weighted by atomic mass is 32.2. The normalized spacial score (nSPS) is 14.2. The molecule has 1 amide bonds. The van der Waals surface area contributed by atoms with Gasteiger partial charge in [-0.15, -0.1) is 11.8 Å². The van der Waals surface area contributed by atoms with E-state index in [4.69, 9.17) is 0 Å². The Morgan fingerprint density at radius 2 is 1.71 bits per heavy atom. The second-order valence-corrected chi connectivity index (χ2v) is 11.0. The zero-order valence-electron chi connectivity index (χ0n) is 19.2. The number of sulfonamides is 1. The molecule has 1 N–H and O–H groups in total. The van der Waals surface area contributed by atoms with E-state index in [-0.39, 0.29) is 10.8 Å². The number of aromatic nitrogens is 1. The summed E-state index contributed by atoms with van der Waals surface area (Å²) in [6.45, 7) is 4.35. The lowest BCUT2D eigenvalue weighted by molar-refractivity contribution is 0.0789. The number of carbonyl (C=O) groups is 1. The van der Waals surface area contributed by atoms with Gasteiger partial charge in [0.2, 0.25) is 0 Å². The maximum atomic E-state index is 13.3. The van der Waals surface area contributed by atoms with E-state index in [9.17, 15) is 13.2 Å². The lowest BCUT2D eigenvalue weighted by atomic mass is 10.1. The van der Waals surface area contributed by atoms with Gasteiger partial charge in [-0.3, -0.25) is 9.52 Å². The molecule has 0 aliphatic carbocycles. The van der Waals surface area contributed by atoms with Crippen molar-refractivity contribution in [1.29, 1.82) is 0 Å². The smallest absolute Gasteiger partial charge is 0.261 e. The molecule has 6 nitrogen and oxygen atoms in total. The number of fused-ring (bicyclic) bond motifs is 3. The van der Waals surface area contributed by atoms with Gasteiger partial charge in [0.05, 0.1) is 10.5 Å². The lowest BCUT2D eigenvalue weighted by Crippen LogP contribution is -2.28. The average molecular weight is 494 g/mol. The summed E-state index contributed by atoms with van der Waals surface area (Å²) >= 11 is 1.45. The van der Waals surface area contributed by atoms with Crippen LogP contribution in [0.25, 0.3) is 21.8 Å². The third kappa shape index (κ3) is 3.95. The second kappa shape index (κ2) is 9.00. The van der Waals surface area contributed by atoms with Crippen molar-refractivity contribution in [3.05, 3.63) is 66.2 Å². The molecule has 176 valence electrons. The maximum absolute atomic E-state index is 13.3. The minimum absolute atomic E-state index is 0.0870. The van der Waals surface area contributed by atoms with E-state index in [1.807, 2.05) is 30.5 Å². The standard InChI is InChI=1S/C26H27N3O3S2/c1-3-29-23-9-5-4-8-20(23)21-16-18(10-12-24(21)29)27-34(31,32)19-11-13-25(33-2)22(17-19)26(30)28-14-6-7-15-28/h4-5,8-13,16-17,27H,3,6-7,14-15H2,1-2H3. The SMILES string of the molecule is CCn1c2ccccc2c2cc(NS(=O)(=O)c3ccc(SC)c(C(=O)N4CCCC4)c3)ccc21. The van der Waals surface area contributed by atoms with Crippen molar-refractivity contribution in [3.63, 3.8) is 0 Å². The topological polar surface area (TPSA) is 71.4 Å². The number of nitrogens with zero attached hydrogens (tertiary/aromatic N) is 2. The Labute approximate surface area is 204 Å². The summed E-state index contributed by atoms with van der Waals surface area (Å²) in [6, 6.07) is 18.6. The monoisotopic (exact) mass is 493 g/mol. The molecule has 1 aliphatic rings. The van der Waals surface area contributed by atoms with E-state index in [1.54, 1.807) is 23.1 Å². The average Bonchev–Trinajstić information content (AvgIpc) is 3.49. The third-order valence-electron chi connectivity index (χ3n) is 6.45. The predicted octanol–water partition coefficient (Wildman–Crippen LogP) is 5.57. The molecule has 0 radical (unpaired) electrons. The Morgan fingerprint density at radius 3 is 2.44 bits per heavy atom. The molecule has 0 spiro atoms. The van der Waals surface area contributed by atoms with E-state index < -0.39 is 10.0 Å². The second-order valence-electron chi connectivity index (χ2n) is 8.46. The van der Waals surface area contributed by atoms with Crippen LogP contribution in [0.15, 0.2) is 70.5 Å². The molecular formula is C26H27N3O3S2. The number of aryl methyl sites for hydroxylation is 1. The number of likely N-dealkylation sites (tertiary alicyclic amines) is 1. The fourth-order valence-corrected chi connectivity index (χ4v) is 6.43.